The molecule has 0 saturated carbocycles. The molecule has 2 heterocycles. The van der Waals surface area contributed by atoms with Crippen LogP contribution in [0.4, 0.5) is 57.1 Å². The zero-order valence-corrected chi connectivity index (χ0v) is 15.9. The molecule has 0 amide bonds. The topological polar surface area (TPSA) is 18.0 Å². The van der Waals surface area contributed by atoms with Crippen molar-refractivity contribution < 1.29 is 66.6 Å². The van der Waals surface area contributed by atoms with Gasteiger partial charge < -0.3 is 0 Å². The molecule has 184 valence electrons. The zero-order chi connectivity index (χ0) is 25.5. The minimum atomic E-state index is -7.88. The second-order valence-corrected chi connectivity index (χ2v) is 6.86. The number of hydrogen-bond acceptors (Lipinski definition) is 0. The lowest BCUT2D eigenvalue weighted by molar-refractivity contribution is -0.700. The Bertz CT molecular complexity index is 938. The third-order valence-electron chi connectivity index (χ3n) is 4.63. The van der Waals surface area contributed by atoms with Crippen LogP contribution in [0.25, 0.3) is 11.1 Å². The van der Waals surface area contributed by atoms with Gasteiger partial charge in [0.05, 0.1) is 6.42 Å². The quantitative estimate of drug-likeness (QED) is 0.330. The van der Waals surface area contributed by atoms with E-state index in [9.17, 15) is 57.1 Å². The number of pyridine rings is 2. The van der Waals surface area contributed by atoms with Crippen LogP contribution < -0.4 is 9.55 Å². The van der Waals surface area contributed by atoms with Gasteiger partial charge in [0, 0.05) is 24.3 Å². The standard InChI is InChI=1S/C18H12F13N2/c19-13(20,5-10-33-8-3-12(4-9-33)11-1-6-32-7-2-11)14(21,22)15(23,24)16(25,26)17(27,28)18(29,30)31/h1-4,6-9H,5,10H2/q+1/p+1. The van der Waals surface area contributed by atoms with Gasteiger partial charge in [-0.1, -0.05) is 0 Å². The third kappa shape index (κ3) is 4.45. The van der Waals surface area contributed by atoms with Crippen molar-refractivity contribution >= 4 is 0 Å². The molecule has 0 bridgehead atoms. The van der Waals surface area contributed by atoms with Gasteiger partial charge in [0.2, 0.25) is 0 Å². The lowest BCUT2D eigenvalue weighted by atomic mass is 9.92. The van der Waals surface area contributed by atoms with Crippen molar-refractivity contribution in [3.8, 4) is 11.1 Å². The molecule has 0 aromatic carbocycles. The van der Waals surface area contributed by atoms with Gasteiger partial charge in [0.1, 0.15) is 0 Å². The molecule has 0 unspecified atom stereocenters. The van der Waals surface area contributed by atoms with Crippen LogP contribution in [-0.2, 0) is 6.54 Å². The van der Waals surface area contributed by atoms with E-state index in [0.717, 1.165) is 17.0 Å². The van der Waals surface area contributed by atoms with Crippen molar-refractivity contribution in [2.45, 2.75) is 48.8 Å². The summed E-state index contributed by atoms with van der Waals surface area (Å²) in [6.07, 6.45) is -4.53. The summed E-state index contributed by atoms with van der Waals surface area (Å²) >= 11 is 0. The van der Waals surface area contributed by atoms with Crippen LogP contribution in [0, 0.1) is 0 Å². The van der Waals surface area contributed by atoms with E-state index in [1.54, 1.807) is 12.1 Å². The Morgan fingerprint density at radius 1 is 0.576 bits per heavy atom. The second-order valence-electron chi connectivity index (χ2n) is 6.86. The highest BCUT2D eigenvalue weighted by Gasteiger charge is 2.90. The second kappa shape index (κ2) is 8.31. The summed E-state index contributed by atoms with van der Waals surface area (Å²) in [6.45, 7) is -1.19. The number of hydrogen-bond donors (Lipinski definition) is 0. The molecule has 0 aliphatic heterocycles. The maximum Gasteiger partial charge on any atom is 0.460 e. The summed E-state index contributed by atoms with van der Waals surface area (Å²) in [5.41, 5.74) is 1.14. The largest absolute Gasteiger partial charge is 0.460 e. The van der Waals surface area contributed by atoms with Crippen LogP contribution in [-0.4, -0.2) is 35.8 Å². The first kappa shape index (κ1) is 26.6. The molecule has 33 heavy (non-hydrogen) atoms. The van der Waals surface area contributed by atoms with Crippen molar-refractivity contribution in [1.82, 2.24) is 0 Å². The van der Waals surface area contributed by atoms with E-state index in [2.05, 4.69) is 4.98 Å². The van der Waals surface area contributed by atoms with E-state index in [1.807, 2.05) is 0 Å². The summed E-state index contributed by atoms with van der Waals surface area (Å²) in [5.74, 6) is -36.7. The molecule has 15 heteroatoms. The van der Waals surface area contributed by atoms with Gasteiger partial charge in [-0.3, -0.25) is 0 Å². The van der Waals surface area contributed by atoms with Gasteiger partial charge in [-0.15, -0.1) is 0 Å². The van der Waals surface area contributed by atoms with Crippen LogP contribution >= 0.6 is 0 Å². The molecule has 2 nitrogen and oxygen atoms in total. The molecule has 0 spiro atoms. The Morgan fingerprint density at radius 3 is 1.45 bits per heavy atom. The normalized spacial score (nSPS) is 14.5. The molecule has 0 aliphatic carbocycles. The summed E-state index contributed by atoms with van der Waals surface area (Å²) < 4.78 is 171. The number of H-pyrrole nitrogens is 1. The van der Waals surface area contributed by atoms with Crippen molar-refractivity contribution in [2.75, 3.05) is 0 Å². The summed E-state index contributed by atoms with van der Waals surface area (Å²) in [7, 11) is 0. The average molecular weight is 504 g/mol. The molecule has 2 rings (SSSR count). The number of nitrogens with zero attached hydrogens (tertiary/aromatic N) is 1. The van der Waals surface area contributed by atoms with E-state index < -0.39 is 48.8 Å². The molecule has 0 atom stereocenters. The first-order chi connectivity index (χ1) is 14.8. The summed E-state index contributed by atoms with van der Waals surface area (Å²) in [6, 6.07) is 5.82. The van der Waals surface area contributed by atoms with E-state index in [1.165, 1.54) is 24.5 Å². The smallest absolute Gasteiger partial charge is 0.218 e. The predicted molar refractivity (Wildman–Crippen MR) is 84.0 cm³/mol. The zero-order valence-electron chi connectivity index (χ0n) is 15.9. The van der Waals surface area contributed by atoms with Crippen molar-refractivity contribution in [3.63, 3.8) is 0 Å². The van der Waals surface area contributed by atoms with Crippen molar-refractivity contribution in [1.29, 1.82) is 0 Å². The Balaban J connectivity index is 2.25. The molecular formula is C18H13F13N2+2. The van der Waals surface area contributed by atoms with Crippen LogP contribution in [0.15, 0.2) is 49.1 Å². The van der Waals surface area contributed by atoms with Crippen LogP contribution in [0.2, 0.25) is 0 Å². The number of nitrogens with one attached hydrogen (secondary N) is 1. The number of aryl methyl sites for hydroxylation is 1. The molecule has 2 aromatic heterocycles. The van der Waals surface area contributed by atoms with Gasteiger partial charge in [-0.2, -0.15) is 57.1 Å². The van der Waals surface area contributed by atoms with Crippen LogP contribution in [0.1, 0.15) is 6.42 Å². The monoisotopic (exact) mass is 504 g/mol. The number of halogens is 13. The fraction of sp³-hybridized carbons (Fsp3) is 0.444. The molecule has 1 N–H and O–H groups in total. The Labute approximate surface area is 176 Å². The third-order valence-corrected chi connectivity index (χ3v) is 4.63. The highest BCUT2D eigenvalue weighted by atomic mass is 19.4. The lowest BCUT2D eigenvalue weighted by Gasteiger charge is -2.39. The molecular weight excluding hydrogens is 491 g/mol. The Hall–Kier alpha value is -2.61. The van der Waals surface area contributed by atoms with Gasteiger partial charge >= 0.3 is 35.8 Å². The first-order valence-electron chi connectivity index (χ1n) is 8.71. The number of rotatable bonds is 8. The van der Waals surface area contributed by atoms with Crippen molar-refractivity contribution in [3.05, 3.63) is 49.1 Å². The molecule has 2 aromatic rings. The predicted octanol–water partition coefficient (Wildman–Crippen LogP) is 5.58. The van der Waals surface area contributed by atoms with Gasteiger partial charge in [0.15, 0.2) is 31.3 Å². The maximum absolute atomic E-state index is 13.8. The molecule has 0 aliphatic rings. The van der Waals surface area contributed by atoms with E-state index in [0.29, 0.717) is 11.1 Å². The minimum absolute atomic E-state index is 0.512. The highest BCUT2D eigenvalue weighted by Crippen LogP contribution is 2.60. The first-order valence-corrected chi connectivity index (χ1v) is 8.71. The Morgan fingerprint density at radius 2 is 1.00 bits per heavy atom. The van der Waals surface area contributed by atoms with E-state index in [4.69, 9.17) is 0 Å². The molecule has 0 fully saturated rings. The Kier molecular flexibility index (Phi) is 6.71. The fourth-order valence-corrected chi connectivity index (χ4v) is 2.61. The minimum Gasteiger partial charge on any atom is -0.218 e. The summed E-state index contributed by atoms with van der Waals surface area (Å²) in [5, 5.41) is 0. The van der Waals surface area contributed by atoms with E-state index >= 15 is 0 Å². The molecule has 0 saturated heterocycles. The lowest BCUT2D eigenvalue weighted by Crippen LogP contribution is -2.70. The van der Waals surface area contributed by atoms with Crippen LogP contribution in [0.5, 0.6) is 0 Å². The SMILES string of the molecule is FC(F)(F)C(F)(F)C(F)(F)C(F)(F)C(F)(F)C(F)(F)CC[n+]1ccc(-c2cc[nH+]cc2)cc1. The number of alkyl halides is 13. The maximum atomic E-state index is 13.8. The van der Waals surface area contributed by atoms with Gasteiger partial charge in [0.25, 0.3) is 0 Å². The number of aromatic nitrogens is 2. The van der Waals surface area contributed by atoms with E-state index in [-0.39, 0.29) is 0 Å². The van der Waals surface area contributed by atoms with Gasteiger partial charge in [-0.25, -0.2) is 9.55 Å². The highest BCUT2D eigenvalue weighted by molar-refractivity contribution is 5.60. The average Bonchev–Trinajstić information content (AvgIpc) is 2.72. The fourth-order valence-electron chi connectivity index (χ4n) is 2.61. The van der Waals surface area contributed by atoms with Crippen molar-refractivity contribution in [2.24, 2.45) is 0 Å². The van der Waals surface area contributed by atoms with Gasteiger partial charge in [-0.05, 0) is 11.1 Å². The number of aromatic amines is 1. The van der Waals surface area contributed by atoms with Crippen LogP contribution in [0.3, 0.4) is 0 Å². The summed E-state index contributed by atoms with van der Waals surface area (Å²) in [4.78, 5) is 2.72. The molecule has 0 radical (unpaired) electrons.